The van der Waals surface area contributed by atoms with Gasteiger partial charge >= 0.3 is 5.69 Å². The highest BCUT2D eigenvalue weighted by Crippen LogP contribution is 2.20. The lowest BCUT2D eigenvalue weighted by molar-refractivity contribution is 0.0858. The van der Waals surface area contributed by atoms with E-state index in [2.05, 4.69) is 0 Å². The topological polar surface area (TPSA) is 58.2 Å². The Balaban J connectivity index is 2.55. The van der Waals surface area contributed by atoms with Crippen molar-refractivity contribution in [3.63, 3.8) is 0 Å². The molecule has 3 heterocycles. The Morgan fingerprint density at radius 2 is 2.00 bits per heavy atom. The molecule has 0 atom stereocenters. The molecule has 6 nitrogen and oxygen atoms in total. The fourth-order valence-corrected chi connectivity index (χ4v) is 2.39. The molecule has 3 rings (SSSR count). The number of aryl methyl sites for hydroxylation is 1. The van der Waals surface area contributed by atoms with Crippen molar-refractivity contribution < 1.29 is 4.74 Å². The molecule has 6 heteroatoms. The Kier molecular flexibility index (Phi) is 2.03. The molecule has 0 fully saturated rings. The molecular weight excluding hydrogens is 222 g/mol. The van der Waals surface area contributed by atoms with Crippen LogP contribution in [0.4, 0.5) is 0 Å². The molecule has 0 aliphatic carbocycles. The van der Waals surface area contributed by atoms with Gasteiger partial charge in [0, 0.05) is 26.8 Å². The summed E-state index contributed by atoms with van der Waals surface area (Å²) in [7, 11) is 3.18. The second-order valence-corrected chi connectivity index (χ2v) is 4.29. The zero-order valence-electron chi connectivity index (χ0n) is 9.77. The van der Waals surface area contributed by atoms with E-state index < -0.39 is 0 Å². The standard InChI is InChI=1S/C11H13N3O3/c1-12-9-7(10(15)13(2)11(12)16)5-14-3-4-17-6-8(9)14/h5H,3-4,6H2,1-2H3. The van der Waals surface area contributed by atoms with Crippen molar-refractivity contribution >= 4 is 10.9 Å². The normalized spacial score (nSPS) is 15.2. The van der Waals surface area contributed by atoms with E-state index in [0.717, 1.165) is 16.8 Å². The quantitative estimate of drug-likeness (QED) is 0.622. The van der Waals surface area contributed by atoms with Crippen molar-refractivity contribution in [2.24, 2.45) is 14.1 Å². The lowest BCUT2D eigenvalue weighted by Crippen LogP contribution is -2.36. The molecule has 17 heavy (non-hydrogen) atoms. The maximum absolute atomic E-state index is 12.0. The summed E-state index contributed by atoms with van der Waals surface area (Å²) < 4.78 is 10.0. The first-order valence-electron chi connectivity index (χ1n) is 5.46. The number of aromatic nitrogens is 3. The van der Waals surface area contributed by atoms with Gasteiger partial charge in [0.2, 0.25) is 0 Å². The van der Waals surface area contributed by atoms with Crippen LogP contribution in [0.3, 0.4) is 0 Å². The van der Waals surface area contributed by atoms with E-state index >= 15 is 0 Å². The van der Waals surface area contributed by atoms with Crippen LogP contribution in [0.5, 0.6) is 0 Å². The molecule has 90 valence electrons. The van der Waals surface area contributed by atoms with Crippen molar-refractivity contribution in [3.8, 4) is 0 Å². The number of hydrogen-bond acceptors (Lipinski definition) is 3. The fraction of sp³-hybridized carbons (Fsp3) is 0.455. The third-order valence-electron chi connectivity index (χ3n) is 3.32. The lowest BCUT2D eigenvalue weighted by atomic mass is 10.3. The molecule has 0 saturated carbocycles. The van der Waals surface area contributed by atoms with Gasteiger partial charge < -0.3 is 9.30 Å². The van der Waals surface area contributed by atoms with Crippen LogP contribution < -0.4 is 11.2 Å². The van der Waals surface area contributed by atoms with E-state index in [-0.39, 0.29) is 11.2 Å². The summed E-state index contributed by atoms with van der Waals surface area (Å²) in [5.74, 6) is 0. The molecule has 0 aromatic carbocycles. The average Bonchev–Trinajstić information content (AvgIpc) is 2.73. The maximum Gasteiger partial charge on any atom is 0.331 e. The van der Waals surface area contributed by atoms with Crippen molar-refractivity contribution in [1.29, 1.82) is 0 Å². The number of rotatable bonds is 0. The molecule has 0 spiro atoms. The van der Waals surface area contributed by atoms with E-state index in [9.17, 15) is 9.59 Å². The summed E-state index contributed by atoms with van der Waals surface area (Å²) in [6.07, 6.45) is 1.81. The monoisotopic (exact) mass is 235 g/mol. The van der Waals surface area contributed by atoms with Gasteiger partial charge in [-0.3, -0.25) is 13.9 Å². The van der Waals surface area contributed by atoms with Gasteiger partial charge in [0.05, 0.1) is 29.8 Å². The molecule has 0 amide bonds. The molecule has 2 aromatic rings. The van der Waals surface area contributed by atoms with E-state index in [1.807, 2.05) is 10.8 Å². The minimum atomic E-state index is -0.304. The second kappa shape index (κ2) is 3.33. The van der Waals surface area contributed by atoms with Crippen LogP contribution in [0.1, 0.15) is 5.69 Å². The molecule has 0 unspecified atom stereocenters. The van der Waals surface area contributed by atoms with Crippen LogP contribution in [0.15, 0.2) is 15.8 Å². The Bertz CT molecular complexity index is 720. The molecule has 2 aromatic heterocycles. The highest BCUT2D eigenvalue weighted by molar-refractivity contribution is 5.81. The summed E-state index contributed by atoms with van der Waals surface area (Å²) in [6.45, 7) is 1.81. The minimum absolute atomic E-state index is 0.245. The number of ether oxygens (including phenoxy) is 1. The van der Waals surface area contributed by atoms with Gasteiger partial charge in [-0.15, -0.1) is 0 Å². The average molecular weight is 235 g/mol. The van der Waals surface area contributed by atoms with Crippen molar-refractivity contribution in [2.45, 2.75) is 13.2 Å². The third kappa shape index (κ3) is 1.24. The predicted molar refractivity (Wildman–Crippen MR) is 62.1 cm³/mol. The summed E-state index contributed by atoms with van der Waals surface area (Å²) >= 11 is 0. The smallest absolute Gasteiger partial charge is 0.331 e. The molecule has 0 saturated heterocycles. The summed E-state index contributed by atoms with van der Waals surface area (Å²) in [5.41, 5.74) is 1.05. The molecule has 1 aliphatic rings. The Morgan fingerprint density at radius 3 is 2.76 bits per heavy atom. The first-order chi connectivity index (χ1) is 8.11. The van der Waals surface area contributed by atoms with Crippen molar-refractivity contribution in [1.82, 2.24) is 13.7 Å². The van der Waals surface area contributed by atoms with Gasteiger partial charge in [-0.05, 0) is 0 Å². The second-order valence-electron chi connectivity index (χ2n) is 4.29. The zero-order valence-corrected chi connectivity index (χ0v) is 9.77. The molecule has 0 bridgehead atoms. The maximum atomic E-state index is 12.0. The predicted octanol–water partition coefficient (Wildman–Crippen LogP) is -0.431. The summed E-state index contributed by atoms with van der Waals surface area (Å²) in [4.78, 5) is 23.9. The Hall–Kier alpha value is -1.82. The number of fused-ring (bicyclic) bond motifs is 3. The highest BCUT2D eigenvalue weighted by Gasteiger charge is 2.19. The van der Waals surface area contributed by atoms with E-state index in [0.29, 0.717) is 24.1 Å². The first-order valence-corrected chi connectivity index (χ1v) is 5.46. The van der Waals surface area contributed by atoms with Gasteiger partial charge in [0.25, 0.3) is 5.56 Å². The summed E-state index contributed by atoms with van der Waals surface area (Å²) in [5, 5.41) is 0.579. The van der Waals surface area contributed by atoms with Gasteiger partial charge in [0.15, 0.2) is 0 Å². The Labute approximate surface area is 96.6 Å². The van der Waals surface area contributed by atoms with Crippen molar-refractivity contribution in [3.05, 3.63) is 32.7 Å². The van der Waals surface area contributed by atoms with E-state index in [1.54, 1.807) is 7.05 Å². The van der Waals surface area contributed by atoms with E-state index in [1.165, 1.54) is 11.6 Å². The SMILES string of the molecule is Cn1c(=O)c2cn3c(c2n(C)c1=O)COCC3. The molecule has 0 N–H and O–H groups in total. The molecule has 1 aliphatic heterocycles. The van der Waals surface area contributed by atoms with Gasteiger partial charge in [-0.25, -0.2) is 4.79 Å². The van der Waals surface area contributed by atoms with Gasteiger partial charge in [-0.2, -0.15) is 0 Å². The number of nitrogens with zero attached hydrogens (tertiary/aromatic N) is 3. The molecule has 0 radical (unpaired) electrons. The van der Waals surface area contributed by atoms with E-state index in [4.69, 9.17) is 4.74 Å². The van der Waals surface area contributed by atoms with Gasteiger partial charge in [0.1, 0.15) is 0 Å². The van der Waals surface area contributed by atoms with Crippen LogP contribution in [-0.2, 0) is 32.0 Å². The van der Waals surface area contributed by atoms with Crippen LogP contribution in [0.25, 0.3) is 10.9 Å². The number of hydrogen-bond donors (Lipinski definition) is 0. The zero-order chi connectivity index (χ0) is 12.2. The third-order valence-corrected chi connectivity index (χ3v) is 3.32. The molecular formula is C11H13N3O3. The van der Waals surface area contributed by atoms with Crippen LogP contribution >= 0.6 is 0 Å². The van der Waals surface area contributed by atoms with Crippen molar-refractivity contribution in [2.75, 3.05) is 6.61 Å². The van der Waals surface area contributed by atoms with Crippen LogP contribution in [-0.4, -0.2) is 20.3 Å². The van der Waals surface area contributed by atoms with Gasteiger partial charge in [-0.1, -0.05) is 0 Å². The van der Waals surface area contributed by atoms with Crippen LogP contribution in [0.2, 0.25) is 0 Å². The fourth-order valence-electron chi connectivity index (χ4n) is 2.39. The van der Waals surface area contributed by atoms with Crippen LogP contribution in [0, 0.1) is 0 Å². The lowest BCUT2D eigenvalue weighted by Gasteiger charge is -2.16. The Morgan fingerprint density at radius 1 is 1.24 bits per heavy atom. The largest absolute Gasteiger partial charge is 0.373 e. The minimum Gasteiger partial charge on any atom is -0.373 e. The highest BCUT2D eigenvalue weighted by atomic mass is 16.5. The summed E-state index contributed by atoms with van der Waals surface area (Å²) in [6, 6.07) is 0. The first kappa shape index (κ1) is 10.3.